The van der Waals surface area contributed by atoms with E-state index in [4.69, 9.17) is 31.2 Å². The van der Waals surface area contributed by atoms with Crippen LogP contribution in [0.15, 0.2) is 0 Å². The summed E-state index contributed by atoms with van der Waals surface area (Å²) in [6.07, 6.45) is 3.12. The summed E-state index contributed by atoms with van der Waals surface area (Å²) < 4.78 is 13.4. The molecule has 1 saturated heterocycles. The Morgan fingerprint density at radius 2 is 1.94 bits per heavy atom. The number of nitriles is 1. The van der Waals surface area contributed by atoms with Crippen LogP contribution in [-0.2, 0) is 20.9 Å². The van der Waals surface area contributed by atoms with Crippen LogP contribution in [0, 0.1) is 11.3 Å². The van der Waals surface area contributed by atoms with Gasteiger partial charge in [-0.15, -0.1) is 0 Å². The van der Waals surface area contributed by atoms with Gasteiger partial charge in [-0.2, -0.15) is 5.26 Å². The molecule has 1 heterocycles. The lowest BCUT2D eigenvalue weighted by Crippen LogP contribution is -2.20. The Bertz CT molecular complexity index is 302. The highest BCUT2D eigenvalue weighted by Crippen LogP contribution is 2.54. The Kier molecular flexibility index (Phi) is 7.21. The van der Waals surface area contributed by atoms with Crippen LogP contribution in [0.25, 0.3) is 0 Å². The zero-order chi connectivity index (χ0) is 12.6. The first-order valence-corrected chi connectivity index (χ1v) is 8.44. The second-order valence-corrected chi connectivity index (χ2v) is 7.18. The van der Waals surface area contributed by atoms with Gasteiger partial charge in [-0.25, -0.2) is 4.67 Å². The zero-order valence-electron chi connectivity index (χ0n) is 9.88. The molecule has 1 aliphatic rings. The number of hydrogen-bond acceptors (Lipinski definition) is 5. The third kappa shape index (κ3) is 5.01. The fourth-order valence-electron chi connectivity index (χ4n) is 1.60. The summed E-state index contributed by atoms with van der Waals surface area (Å²) in [6.45, 7) is 0.217. The van der Waals surface area contributed by atoms with Crippen LogP contribution in [-0.4, -0.2) is 42.7 Å². The van der Waals surface area contributed by atoms with Crippen molar-refractivity contribution in [1.82, 2.24) is 4.67 Å². The minimum atomic E-state index is -2.42. The van der Waals surface area contributed by atoms with Gasteiger partial charge in [-0.05, 0) is 31.1 Å². The smallest absolute Gasteiger partial charge is 0.263 e. The van der Waals surface area contributed by atoms with E-state index < -0.39 is 6.64 Å². The Balaban J connectivity index is 2.49. The van der Waals surface area contributed by atoms with E-state index in [0.717, 1.165) is 25.9 Å². The van der Waals surface area contributed by atoms with E-state index in [1.165, 1.54) is 0 Å². The normalized spacial score (nSPS) is 20.0. The maximum atomic E-state index is 8.74. The number of nitrogens with zero attached hydrogens (tertiary/aromatic N) is 2. The maximum absolute atomic E-state index is 8.74. The van der Waals surface area contributed by atoms with E-state index in [1.807, 2.05) is 6.07 Å². The zero-order valence-corrected chi connectivity index (χ0v) is 11.6. The molecule has 1 atom stereocenters. The van der Waals surface area contributed by atoms with Crippen LogP contribution in [0.5, 0.6) is 0 Å². The summed E-state index contributed by atoms with van der Waals surface area (Å²) in [6, 6.07) is 2.03. The molecule has 7 heteroatoms. The van der Waals surface area contributed by atoms with Crippen molar-refractivity contribution in [3.63, 3.8) is 0 Å². The lowest BCUT2D eigenvalue weighted by Gasteiger charge is -2.30. The van der Waals surface area contributed by atoms with Gasteiger partial charge in [0.05, 0.1) is 25.7 Å². The van der Waals surface area contributed by atoms with Crippen molar-refractivity contribution in [2.75, 3.05) is 32.9 Å². The molecule has 1 aliphatic heterocycles. The van der Waals surface area contributed by atoms with E-state index in [0.29, 0.717) is 26.1 Å². The Labute approximate surface area is 108 Å². The second-order valence-electron chi connectivity index (χ2n) is 3.78. The molecule has 0 aromatic carbocycles. The van der Waals surface area contributed by atoms with Crippen molar-refractivity contribution in [1.29, 1.82) is 5.26 Å². The highest BCUT2D eigenvalue weighted by atomic mass is 32.5. The quantitative estimate of drug-likeness (QED) is 0.538. The molecule has 0 saturated carbocycles. The van der Waals surface area contributed by atoms with Crippen molar-refractivity contribution < 1.29 is 14.2 Å². The third-order valence-electron chi connectivity index (χ3n) is 2.45. The topological polar surface area (TPSA) is 65.7 Å². The van der Waals surface area contributed by atoms with Gasteiger partial charge in [-0.1, -0.05) is 0 Å². The number of aliphatic hydroxyl groups excluding tert-OH is 1. The van der Waals surface area contributed by atoms with Gasteiger partial charge in [-0.3, -0.25) is 0 Å². The first kappa shape index (κ1) is 15.0. The molecule has 0 bridgehead atoms. The maximum Gasteiger partial charge on any atom is 0.263 e. The molecule has 0 aromatic rings. The van der Waals surface area contributed by atoms with Crippen LogP contribution in [0.3, 0.4) is 0 Å². The first-order valence-electron chi connectivity index (χ1n) is 5.85. The molecule has 0 aliphatic carbocycles. The van der Waals surface area contributed by atoms with Crippen LogP contribution in [0.1, 0.15) is 25.7 Å². The lowest BCUT2D eigenvalue weighted by atomic mass is 10.4. The van der Waals surface area contributed by atoms with Gasteiger partial charge < -0.3 is 14.2 Å². The molecular formula is C10H19N2O3PS. The van der Waals surface area contributed by atoms with Gasteiger partial charge in [0.15, 0.2) is 0 Å². The summed E-state index contributed by atoms with van der Waals surface area (Å²) in [5, 5.41) is 17.2. The van der Waals surface area contributed by atoms with Crippen molar-refractivity contribution in [3.05, 3.63) is 0 Å². The summed E-state index contributed by atoms with van der Waals surface area (Å²) in [5.41, 5.74) is 0. The fraction of sp³-hybridized carbons (Fsp3) is 0.900. The van der Waals surface area contributed by atoms with E-state index in [2.05, 4.69) is 4.67 Å². The first-order chi connectivity index (χ1) is 8.23. The molecule has 0 amide bonds. The highest BCUT2D eigenvalue weighted by molar-refractivity contribution is 8.08. The summed E-state index contributed by atoms with van der Waals surface area (Å²) in [4.78, 5) is 0. The molecule has 0 radical (unpaired) electrons. The van der Waals surface area contributed by atoms with Crippen LogP contribution >= 0.6 is 6.64 Å². The molecule has 1 unspecified atom stereocenters. The van der Waals surface area contributed by atoms with E-state index in [9.17, 15) is 0 Å². The SMILES string of the molecule is N#CCCOP(=S)(OCCCO)N1CCCC1. The molecule has 0 aromatic heterocycles. The molecule has 1 rings (SSSR count). The van der Waals surface area contributed by atoms with Gasteiger partial charge in [0.2, 0.25) is 0 Å². The van der Waals surface area contributed by atoms with E-state index >= 15 is 0 Å². The van der Waals surface area contributed by atoms with Gasteiger partial charge in [0, 0.05) is 19.7 Å². The predicted molar refractivity (Wildman–Crippen MR) is 68.9 cm³/mol. The minimum absolute atomic E-state index is 0.0908. The lowest BCUT2D eigenvalue weighted by molar-refractivity contribution is 0.190. The average molecular weight is 278 g/mol. The fourth-order valence-corrected chi connectivity index (χ4v) is 4.39. The predicted octanol–water partition coefficient (Wildman–Crippen LogP) is 1.64. The summed E-state index contributed by atoms with van der Waals surface area (Å²) in [5.74, 6) is 0. The Hall–Kier alpha value is -0.0200. The van der Waals surface area contributed by atoms with Crippen molar-refractivity contribution in [2.45, 2.75) is 25.7 Å². The van der Waals surface area contributed by atoms with Gasteiger partial charge in [0.1, 0.15) is 0 Å². The molecule has 0 spiro atoms. The molecule has 98 valence electrons. The third-order valence-corrected chi connectivity index (χ3v) is 5.89. The van der Waals surface area contributed by atoms with Crippen LogP contribution in [0.4, 0.5) is 0 Å². The molecule has 1 N–H and O–H groups in total. The standard InChI is InChI=1S/C10H19N2O3PS/c11-5-3-9-14-16(17,15-10-4-8-13)12-6-1-2-7-12/h13H,1-4,6-10H2. The number of rotatable bonds is 8. The van der Waals surface area contributed by atoms with E-state index in [-0.39, 0.29) is 6.61 Å². The van der Waals surface area contributed by atoms with Crippen molar-refractivity contribution in [3.8, 4) is 6.07 Å². The number of aliphatic hydroxyl groups is 1. The van der Waals surface area contributed by atoms with Crippen molar-refractivity contribution >= 4 is 18.4 Å². The summed E-state index contributed by atoms with van der Waals surface area (Å²) in [7, 11) is 0. The largest absolute Gasteiger partial charge is 0.396 e. The Morgan fingerprint density at radius 1 is 1.29 bits per heavy atom. The van der Waals surface area contributed by atoms with Crippen molar-refractivity contribution in [2.24, 2.45) is 0 Å². The highest BCUT2D eigenvalue weighted by Gasteiger charge is 2.30. The Morgan fingerprint density at radius 3 is 2.53 bits per heavy atom. The molecule has 1 fully saturated rings. The van der Waals surface area contributed by atoms with Crippen LogP contribution < -0.4 is 0 Å². The minimum Gasteiger partial charge on any atom is -0.396 e. The van der Waals surface area contributed by atoms with Gasteiger partial charge >= 0.3 is 0 Å². The molecular weight excluding hydrogens is 259 g/mol. The van der Waals surface area contributed by atoms with Gasteiger partial charge in [0.25, 0.3) is 6.64 Å². The van der Waals surface area contributed by atoms with Crippen LogP contribution in [0.2, 0.25) is 0 Å². The second kappa shape index (κ2) is 8.15. The summed E-state index contributed by atoms with van der Waals surface area (Å²) >= 11 is 5.49. The van der Waals surface area contributed by atoms with E-state index in [1.54, 1.807) is 0 Å². The average Bonchev–Trinajstić information content (AvgIpc) is 2.84. The molecule has 17 heavy (non-hydrogen) atoms. The molecule has 5 nitrogen and oxygen atoms in total. The number of hydrogen-bond donors (Lipinski definition) is 1. The monoisotopic (exact) mass is 278 g/mol.